The van der Waals surface area contributed by atoms with Crippen molar-refractivity contribution in [2.24, 2.45) is 0 Å². The minimum absolute atomic E-state index is 0.570. The van der Waals surface area contributed by atoms with Crippen molar-refractivity contribution in [3.8, 4) is 5.75 Å². The Morgan fingerprint density at radius 1 is 0.923 bits per heavy atom. The van der Waals surface area contributed by atoms with Crippen molar-refractivity contribution in [3.63, 3.8) is 0 Å². The summed E-state index contributed by atoms with van der Waals surface area (Å²) in [6.07, 6.45) is 0. The van der Waals surface area contributed by atoms with E-state index in [1.54, 1.807) is 0 Å². The molecule has 0 N–H and O–H groups in total. The maximum atomic E-state index is 10.7. The molecular weight excluding hydrogens is 180 g/mol. The van der Waals surface area contributed by atoms with E-state index in [0.29, 0.717) is 0 Å². The summed E-state index contributed by atoms with van der Waals surface area (Å²) >= 11 is 0. The second kappa shape index (κ2) is 3.05. The largest absolute Gasteiger partial charge is 0.872 e. The van der Waals surface area contributed by atoms with Gasteiger partial charge in [-0.1, -0.05) is 5.75 Å². The summed E-state index contributed by atoms with van der Waals surface area (Å²) < 4.78 is 0. The van der Waals surface area contributed by atoms with Crippen molar-refractivity contribution in [3.05, 3.63) is 38.4 Å². The van der Waals surface area contributed by atoms with Gasteiger partial charge in [-0.2, -0.15) is 0 Å². The molecule has 1 aromatic rings. The van der Waals surface area contributed by atoms with Gasteiger partial charge in [0.15, 0.2) is 0 Å². The molecular formula is C6H3N2O5-. The Labute approximate surface area is 71.5 Å². The van der Waals surface area contributed by atoms with Crippen LogP contribution in [-0.2, 0) is 0 Å². The molecule has 13 heavy (non-hydrogen) atoms. The monoisotopic (exact) mass is 183 g/mol. The minimum atomic E-state index is -0.853. The Bertz CT molecular complexity index is 343. The van der Waals surface area contributed by atoms with E-state index in [1.807, 2.05) is 0 Å². The van der Waals surface area contributed by atoms with Crippen LogP contribution in [0.1, 0.15) is 0 Å². The van der Waals surface area contributed by atoms with Crippen LogP contribution >= 0.6 is 0 Å². The number of hydrogen-bond acceptors (Lipinski definition) is 5. The molecule has 0 saturated heterocycles. The van der Waals surface area contributed by atoms with Gasteiger partial charge in [0.1, 0.15) is 0 Å². The first kappa shape index (κ1) is 8.91. The fourth-order valence-electron chi connectivity index (χ4n) is 0.779. The van der Waals surface area contributed by atoms with Crippen LogP contribution in [0.2, 0.25) is 0 Å². The smallest absolute Gasteiger partial charge is 0.275 e. The predicted molar refractivity (Wildman–Crippen MR) is 39.2 cm³/mol. The third-order valence-corrected chi connectivity index (χ3v) is 1.30. The van der Waals surface area contributed by atoms with Gasteiger partial charge in [0.25, 0.3) is 11.4 Å². The SMILES string of the molecule is O=[N+]([O-])c1cc([O-])cc([N+](=O)[O-])c1. The van der Waals surface area contributed by atoms with E-state index in [2.05, 4.69) is 0 Å². The van der Waals surface area contributed by atoms with E-state index < -0.39 is 27.0 Å². The topological polar surface area (TPSA) is 109 Å². The molecule has 0 unspecified atom stereocenters. The van der Waals surface area contributed by atoms with E-state index >= 15 is 0 Å². The van der Waals surface area contributed by atoms with Crippen LogP contribution in [0, 0.1) is 20.2 Å². The van der Waals surface area contributed by atoms with E-state index in [1.165, 1.54) is 0 Å². The average Bonchev–Trinajstić information content (AvgIpc) is 2.03. The number of benzene rings is 1. The van der Waals surface area contributed by atoms with Crippen LogP contribution in [0.15, 0.2) is 18.2 Å². The summed E-state index contributed by atoms with van der Waals surface area (Å²) in [5.74, 6) is -0.749. The van der Waals surface area contributed by atoms with Crippen molar-refractivity contribution in [1.82, 2.24) is 0 Å². The van der Waals surface area contributed by atoms with Crippen LogP contribution in [0.4, 0.5) is 11.4 Å². The third kappa shape index (κ3) is 1.89. The Balaban J connectivity index is 3.26. The normalized spacial score (nSPS) is 9.54. The molecule has 1 aromatic carbocycles. The molecule has 68 valence electrons. The van der Waals surface area contributed by atoms with Gasteiger partial charge in [0.2, 0.25) is 0 Å². The molecule has 7 nitrogen and oxygen atoms in total. The summed E-state index contributed by atoms with van der Waals surface area (Å²) in [6, 6.07) is 2.20. The molecule has 0 aliphatic carbocycles. The van der Waals surface area contributed by atoms with E-state index in [0.717, 1.165) is 18.2 Å². The van der Waals surface area contributed by atoms with Crippen LogP contribution in [0.25, 0.3) is 0 Å². The Morgan fingerprint density at radius 3 is 1.62 bits per heavy atom. The van der Waals surface area contributed by atoms with Gasteiger partial charge < -0.3 is 5.11 Å². The van der Waals surface area contributed by atoms with Gasteiger partial charge in [0, 0.05) is 12.1 Å². The summed E-state index contributed by atoms with van der Waals surface area (Å²) in [6.45, 7) is 0. The lowest BCUT2D eigenvalue weighted by Crippen LogP contribution is -1.96. The zero-order valence-corrected chi connectivity index (χ0v) is 6.17. The standard InChI is InChI=1S/C6H4N2O5/c9-6-2-4(7(10)11)1-5(3-6)8(12)13/h1-3,9H/p-1. The number of nitro groups is 2. The highest BCUT2D eigenvalue weighted by Crippen LogP contribution is 2.24. The molecule has 0 saturated carbocycles. The minimum Gasteiger partial charge on any atom is -0.872 e. The second-order valence-electron chi connectivity index (χ2n) is 2.20. The van der Waals surface area contributed by atoms with Gasteiger partial charge in [-0.15, -0.1) is 0 Å². The third-order valence-electron chi connectivity index (χ3n) is 1.30. The van der Waals surface area contributed by atoms with E-state index in [-0.39, 0.29) is 0 Å². The molecule has 0 aliphatic rings. The number of nitro benzene ring substituents is 2. The van der Waals surface area contributed by atoms with Crippen molar-refractivity contribution in [2.45, 2.75) is 0 Å². The predicted octanol–water partition coefficient (Wildman–Crippen LogP) is 0.577. The summed E-state index contributed by atoms with van der Waals surface area (Å²) in [4.78, 5) is 18.6. The van der Waals surface area contributed by atoms with Crippen molar-refractivity contribution < 1.29 is 15.0 Å². The fourth-order valence-corrected chi connectivity index (χ4v) is 0.779. The lowest BCUT2D eigenvalue weighted by atomic mass is 10.2. The van der Waals surface area contributed by atoms with Crippen LogP contribution in [0.3, 0.4) is 0 Å². The molecule has 0 aliphatic heterocycles. The van der Waals surface area contributed by atoms with Crippen molar-refractivity contribution in [2.75, 3.05) is 0 Å². The molecule has 0 heterocycles. The summed E-state index contributed by atoms with van der Waals surface area (Å²) in [7, 11) is 0. The molecule has 0 bridgehead atoms. The number of nitrogens with zero attached hydrogens (tertiary/aromatic N) is 2. The maximum absolute atomic E-state index is 10.7. The molecule has 0 amide bonds. The Hall–Kier alpha value is -2.18. The first-order valence-corrected chi connectivity index (χ1v) is 3.11. The molecule has 0 spiro atoms. The fraction of sp³-hybridized carbons (Fsp3) is 0. The highest BCUT2D eigenvalue weighted by atomic mass is 16.6. The number of hydrogen-bond donors (Lipinski definition) is 0. The lowest BCUT2D eigenvalue weighted by Gasteiger charge is -2.02. The second-order valence-corrected chi connectivity index (χ2v) is 2.20. The van der Waals surface area contributed by atoms with Crippen LogP contribution in [0.5, 0.6) is 5.75 Å². The van der Waals surface area contributed by atoms with Gasteiger partial charge in [0.05, 0.1) is 15.9 Å². The van der Waals surface area contributed by atoms with Gasteiger partial charge in [-0.3, -0.25) is 20.2 Å². The molecule has 0 aromatic heterocycles. The zero-order valence-electron chi connectivity index (χ0n) is 6.17. The Kier molecular flexibility index (Phi) is 2.09. The number of rotatable bonds is 2. The molecule has 7 heteroatoms. The molecule has 1 rings (SSSR count). The molecule has 0 atom stereocenters. The highest BCUT2D eigenvalue weighted by Gasteiger charge is 2.12. The van der Waals surface area contributed by atoms with E-state index in [4.69, 9.17) is 0 Å². The quantitative estimate of drug-likeness (QED) is 0.491. The van der Waals surface area contributed by atoms with Crippen LogP contribution < -0.4 is 5.11 Å². The summed E-state index contributed by atoms with van der Waals surface area (Å²) in [5, 5.41) is 31.1. The van der Waals surface area contributed by atoms with Gasteiger partial charge >= 0.3 is 0 Å². The highest BCUT2D eigenvalue weighted by molar-refractivity contribution is 5.48. The van der Waals surface area contributed by atoms with Crippen molar-refractivity contribution in [1.29, 1.82) is 0 Å². The Morgan fingerprint density at radius 2 is 1.31 bits per heavy atom. The maximum Gasteiger partial charge on any atom is 0.275 e. The average molecular weight is 183 g/mol. The summed E-state index contributed by atoms with van der Waals surface area (Å²) in [5.41, 5.74) is -1.14. The van der Waals surface area contributed by atoms with E-state index in [9.17, 15) is 25.3 Å². The molecule has 0 fully saturated rings. The first-order chi connectivity index (χ1) is 6.00. The molecule has 0 radical (unpaired) electrons. The van der Waals surface area contributed by atoms with Crippen molar-refractivity contribution >= 4 is 11.4 Å². The van der Waals surface area contributed by atoms with Crippen LogP contribution in [-0.4, -0.2) is 9.85 Å². The lowest BCUT2D eigenvalue weighted by molar-refractivity contribution is -0.395. The first-order valence-electron chi connectivity index (χ1n) is 3.11. The van der Waals surface area contributed by atoms with Gasteiger partial charge in [-0.25, -0.2) is 0 Å². The zero-order chi connectivity index (χ0) is 10.0. The number of non-ortho nitro benzene ring substituents is 2. The van der Waals surface area contributed by atoms with Gasteiger partial charge in [-0.05, 0) is 0 Å².